The number of hydrogen-bond acceptors (Lipinski definition) is 2. The van der Waals surface area contributed by atoms with Crippen molar-refractivity contribution in [3.05, 3.63) is 47.5 Å². The SMILES string of the molecule is CCCn1ccnc1Cc1cc(F)c(N)cc1F. The molecule has 96 valence electrons. The van der Waals surface area contributed by atoms with Gasteiger partial charge in [-0.1, -0.05) is 6.92 Å². The fourth-order valence-electron chi connectivity index (χ4n) is 1.86. The molecule has 1 aromatic carbocycles. The van der Waals surface area contributed by atoms with Crippen molar-refractivity contribution in [3.63, 3.8) is 0 Å². The van der Waals surface area contributed by atoms with E-state index in [0.29, 0.717) is 0 Å². The predicted molar refractivity (Wildman–Crippen MR) is 66.1 cm³/mol. The molecule has 0 atom stereocenters. The Hall–Kier alpha value is -1.91. The topological polar surface area (TPSA) is 43.8 Å². The van der Waals surface area contributed by atoms with Crippen molar-refractivity contribution in [2.24, 2.45) is 0 Å². The summed E-state index contributed by atoms with van der Waals surface area (Å²) in [6, 6.07) is 2.15. The fraction of sp³-hybridized carbons (Fsp3) is 0.308. The quantitative estimate of drug-likeness (QED) is 0.849. The molecule has 5 heteroatoms. The van der Waals surface area contributed by atoms with E-state index >= 15 is 0 Å². The lowest BCUT2D eigenvalue weighted by Crippen LogP contribution is -2.05. The molecule has 0 bridgehead atoms. The normalized spacial score (nSPS) is 10.8. The predicted octanol–water partition coefficient (Wildman–Crippen LogP) is 2.74. The Labute approximate surface area is 104 Å². The van der Waals surface area contributed by atoms with Gasteiger partial charge in [0.05, 0.1) is 5.69 Å². The number of nitrogens with two attached hydrogens (primary N) is 1. The molecule has 0 spiro atoms. The van der Waals surface area contributed by atoms with E-state index in [-0.39, 0.29) is 17.7 Å². The van der Waals surface area contributed by atoms with Crippen LogP contribution < -0.4 is 5.73 Å². The second kappa shape index (κ2) is 5.16. The summed E-state index contributed by atoms with van der Waals surface area (Å²) in [6.45, 7) is 2.86. The number of rotatable bonds is 4. The van der Waals surface area contributed by atoms with Gasteiger partial charge in [0.25, 0.3) is 0 Å². The zero-order valence-corrected chi connectivity index (χ0v) is 10.2. The number of anilines is 1. The number of nitrogen functional groups attached to an aromatic ring is 1. The molecule has 0 aliphatic heterocycles. The van der Waals surface area contributed by atoms with Crippen LogP contribution in [0, 0.1) is 11.6 Å². The maximum atomic E-state index is 13.7. The average molecular weight is 251 g/mol. The van der Waals surface area contributed by atoms with Gasteiger partial charge >= 0.3 is 0 Å². The van der Waals surface area contributed by atoms with Crippen LogP contribution in [0.15, 0.2) is 24.5 Å². The summed E-state index contributed by atoms with van der Waals surface area (Å²) in [7, 11) is 0. The first-order valence-corrected chi connectivity index (χ1v) is 5.85. The highest BCUT2D eigenvalue weighted by atomic mass is 19.1. The first-order valence-electron chi connectivity index (χ1n) is 5.85. The molecule has 0 amide bonds. The lowest BCUT2D eigenvalue weighted by Gasteiger charge is -2.08. The lowest BCUT2D eigenvalue weighted by atomic mass is 10.1. The van der Waals surface area contributed by atoms with Crippen LogP contribution in [0.25, 0.3) is 0 Å². The van der Waals surface area contributed by atoms with Crippen LogP contribution in [0.2, 0.25) is 0 Å². The van der Waals surface area contributed by atoms with Crippen LogP contribution in [0.5, 0.6) is 0 Å². The summed E-state index contributed by atoms with van der Waals surface area (Å²) in [4.78, 5) is 4.17. The smallest absolute Gasteiger partial charge is 0.146 e. The summed E-state index contributed by atoms with van der Waals surface area (Å²) < 4.78 is 28.9. The van der Waals surface area contributed by atoms with E-state index in [1.165, 1.54) is 0 Å². The van der Waals surface area contributed by atoms with Crippen LogP contribution in [0.3, 0.4) is 0 Å². The highest BCUT2D eigenvalue weighted by Gasteiger charge is 2.11. The van der Waals surface area contributed by atoms with Gasteiger partial charge in [-0.15, -0.1) is 0 Å². The van der Waals surface area contributed by atoms with E-state index in [9.17, 15) is 8.78 Å². The van der Waals surface area contributed by atoms with Crippen LogP contribution in [0.1, 0.15) is 24.7 Å². The molecule has 2 N–H and O–H groups in total. The number of aryl methyl sites for hydroxylation is 1. The molecule has 0 aliphatic rings. The summed E-state index contributed by atoms with van der Waals surface area (Å²) >= 11 is 0. The van der Waals surface area contributed by atoms with E-state index in [1.807, 2.05) is 17.7 Å². The van der Waals surface area contributed by atoms with E-state index in [0.717, 1.165) is 30.9 Å². The van der Waals surface area contributed by atoms with Gasteiger partial charge < -0.3 is 10.3 Å². The number of imidazole rings is 1. The first-order chi connectivity index (χ1) is 8.61. The molecule has 2 aromatic rings. The van der Waals surface area contributed by atoms with Gasteiger partial charge in [0.15, 0.2) is 0 Å². The lowest BCUT2D eigenvalue weighted by molar-refractivity contribution is 0.584. The molecule has 3 nitrogen and oxygen atoms in total. The van der Waals surface area contributed by atoms with Gasteiger partial charge in [-0.25, -0.2) is 13.8 Å². The van der Waals surface area contributed by atoms with Crippen LogP contribution in [0.4, 0.5) is 14.5 Å². The Morgan fingerprint density at radius 1 is 1.28 bits per heavy atom. The zero-order valence-electron chi connectivity index (χ0n) is 10.2. The van der Waals surface area contributed by atoms with Crippen LogP contribution in [-0.4, -0.2) is 9.55 Å². The molecular weight excluding hydrogens is 236 g/mol. The Kier molecular flexibility index (Phi) is 3.60. The van der Waals surface area contributed by atoms with Crippen molar-refractivity contribution in [2.75, 3.05) is 5.73 Å². The van der Waals surface area contributed by atoms with E-state index in [4.69, 9.17) is 5.73 Å². The fourth-order valence-corrected chi connectivity index (χ4v) is 1.86. The molecule has 0 radical (unpaired) electrons. The second-order valence-electron chi connectivity index (χ2n) is 4.18. The molecule has 0 unspecified atom stereocenters. The molecule has 1 aromatic heterocycles. The summed E-state index contributed by atoms with van der Waals surface area (Å²) in [5.74, 6) is -0.375. The third-order valence-electron chi connectivity index (χ3n) is 2.78. The largest absolute Gasteiger partial charge is 0.396 e. The van der Waals surface area contributed by atoms with Gasteiger partial charge in [-0.05, 0) is 18.1 Å². The zero-order chi connectivity index (χ0) is 13.1. The van der Waals surface area contributed by atoms with Gasteiger partial charge in [0, 0.05) is 31.4 Å². The minimum Gasteiger partial charge on any atom is -0.396 e. The maximum Gasteiger partial charge on any atom is 0.146 e. The standard InChI is InChI=1S/C13H15F2N3/c1-2-4-18-5-3-17-13(18)7-9-6-11(15)12(16)8-10(9)14/h3,5-6,8H,2,4,7,16H2,1H3. The van der Waals surface area contributed by atoms with Crippen LogP contribution in [-0.2, 0) is 13.0 Å². The Morgan fingerprint density at radius 3 is 2.78 bits per heavy atom. The molecule has 0 aliphatic carbocycles. The molecule has 0 saturated carbocycles. The second-order valence-corrected chi connectivity index (χ2v) is 4.18. The Morgan fingerprint density at radius 2 is 2.06 bits per heavy atom. The maximum absolute atomic E-state index is 13.7. The van der Waals surface area contributed by atoms with Crippen molar-refractivity contribution in [2.45, 2.75) is 26.3 Å². The van der Waals surface area contributed by atoms with Gasteiger partial charge in [0.1, 0.15) is 17.5 Å². The van der Waals surface area contributed by atoms with Crippen molar-refractivity contribution in [1.82, 2.24) is 9.55 Å². The minimum atomic E-state index is -0.597. The van der Waals surface area contributed by atoms with Crippen molar-refractivity contribution in [1.29, 1.82) is 0 Å². The third kappa shape index (κ3) is 2.50. The highest BCUT2D eigenvalue weighted by Crippen LogP contribution is 2.19. The van der Waals surface area contributed by atoms with Gasteiger partial charge in [-0.3, -0.25) is 0 Å². The monoisotopic (exact) mass is 251 g/mol. The summed E-state index contributed by atoms with van der Waals surface area (Å²) in [5.41, 5.74) is 5.40. The highest BCUT2D eigenvalue weighted by molar-refractivity contribution is 5.42. The molecule has 0 fully saturated rings. The first kappa shape index (κ1) is 12.5. The van der Waals surface area contributed by atoms with Crippen molar-refractivity contribution >= 4 is 5.69 Å². The molecular formula is C13H15F2N3. The number of hydrogen-bond donors (Lipinski definition) is 1. The van der Waals surface area contributed by atoms with Gasteiger partial charge in [0.2, 0.25) is 0 Å². The molecule has 1 heterocycles. The third-order valence-corrected chi connectivity index (χ3v) is 2.78. The summed E-state index contributed by atoms with van der Waals surface area (Å²) in [5, 5.41) is 0. The van der Waals surface area contributed by atoms with Crippen molar-refractivity contribution < 1.29 is 8.78 Å². The summed E-state index contributed by atoms with van der Waals surface area (Å²) in [6.07, 6.45) is 4.72. The number of aromatic nitrogens is 2. The minimum absolute atomic E-state index is 0.173. The number of halogens is 2. The van der Waals surface area contributed by atoms with E-state index in [1.54, 1.807) is 6.20 Å². The van der Waals surface area contributed by atoms with Gasteiger partial charge in [-0.2, -0.15) is 0 Å². The van der Waals surface area contributed by atoms with Crippen molar-refractivity contribution in [3.8, 4) is 0 Å². The molecule has 2 rings (SSSR count). The molecule has 18 heavy (non-hydrogen) atoms. The average Bonchev–Trinajstić information content (AvgIpc) is 2.74. The number of benzene rings is 1. The number of nitrogens with zero attached hydrogens (tertiary/aromatic N) is 2. The van der Waals surface area contributed by atoms with E-state index in [2.05, 4.69) is 4.98 Å². The molecule has 0 saturated heterocycles. The van der Waals surface area contributed by atoms with Crippen LogP contribution >= 0.6 is 0 Å². The Bertz CT molecular complexity index is 549. The van der Waals surface area contributed by atoms with E-state index < -0.39 is 11.6 Å². The Balaban J connectivity index is 2.28.